The number of nitrogens with zero attached hydrogens (tertiary/aromatic N) is 3. The molecule has 0 saturated heterocycles. The van der Waals surface area contributed by atoms with Crippen LogP contribution in [-0.2, 0) is 11.2 Å². The molecule has 2 atom stereocenters. The highest BCUT2D eigenvalue weighted by Gasteiger charge is 2.24. The van der Waals surface area contributed by atoms with E-state index in [0.717, 1.165) is 5.69 Å². The maximum atomic E-state index is 6.06. The number of H-pyrrole nitrogens is 1. The normalized spacial score (nSPS) is 14.7. The van der Waals surface area contributed by atoms with Gasteiger partial charge in [-0.25, -0.2) is 4.98 Å². The van der Waals surface area contributed by atoms with Crippen LogP contribution >= 0.6 is 0 Å². The smallest absolute Gasteiger partial charge is 0.244 e. The molecular formula is C13H21N5O2. The third-order valence-corrected chi connectivity index (χ3v) is 2.98. The average molecular weight is 279 g/mol. The van der Waals surface area contributed by atoms with Crippen molar-refractivity contribution in [2.45, 2.75) is 39.3 Å². The zero-order valence-electron chi connectivity index (χ0n) is 12.0. The first kappa shape index (κ1) is 14.7. The fraction of sp³-hybridized carbons (Fsp3) is 0.615. The second-order valence-corrected chi connectivity index (χ2v) is 5.00. The summed E-state index contributed by atoms with van der Waals surface area (Å²) in [5.41, 5.74) is 7.00. The van der Waals surface area contributed by atoms with Gasteiger partial charge < -0.3 is 20.0 Å². The lowest BCUT2D eigenvalue weighted by Crippen LogP contribution is -2.16. The largest absolute Gasteiger partial charge is 0.370 e. The molecule has 20 heavy (non-hydrogen) atoms. The van der Waals surface area contributed by atoms with Gasteiger partial charge in [-0.3, -0.25) is 0 Å². The van der Waals surface area contributed by atoms with Gasteiger partial charge in [0.1, 0.15) is 6.10 Å². The van der Waals surface area contributed by atoms with Gasteiger partial charge in [0.05, 0.1) is 12.4 Å². The highest BCUT2D eigenvalue weighted by atomic mass is 16.5. The van der Waals surface area contributed by atoms with Gasteiger partial charge in [-0.1, -0.05) is 19.0 Å². The Labute approximate surface area is 117 Å². The van der Waals surface area contributed by atoms with E-state index in [2.05, 4.69) is 34.0 Å². The Hall–Kier alpha value is -1.73. The molecule has 7 heteroatoms. The van der Waals surface area contributed by atoms with Gasteiger partial charge in [0.25, 0.3) is 0 Å². The summed E-state index contributed by atoms with van der Waals surface area (Å²) in [7, 11) is 0. The standard InChI is InChI=1S/C13H21N5O2/c1-4-19-11(8(2)3)12-17-13(20-18-12)10(14)5-9-6-15-7-16-9/h6-8,10-11H,4-5,14H2,1-3H3,(H,15,16)/t10-,11?/m1/s1. The van der Waals surface area contributed by atoms with E-state index in [0.29, 0.717) is 24.7 Å². The molecule has 0 saturated carbocycles. The second-order valence-electron chi connectivity index (χ2n) is 5.00. The monoisotopic (exact) mass is 279 g/mol. The molecule has 0 spiro atoms. The molecule has 0 aliphatic carbocycles. The highest BCUT2D eigenvalue weighted by molar-refractivity contribution is 5.03. The quantitative estimate of drug-likeness (QED) is 0.800. The predicted molar refractivity (Wildman–Crippen MR) is 72.7 cm³/mol. The van der Waals surface area contributed by atoms with Gasteiger partial charge >= 0.3 is 0 Å². The summed E-state index contributed by atoms with van der Waals surface area (Å²) in [6.45, 7) is 6.66. The number of nitrogens with two attached hydrogens (primary N) is 1. The zero-order valence-corrected chi connectivity index (χ0v) is 12.0. The van der Waals surface area contributed by atoms with Crippen LogP contribution in [0.1, 0.15) is 50.3 Å². The van der Waals surface area contributed by atoms with E-state index in [-0.39, 0.29) is 18.1 Å². The lowest BCUT2D eigenvalue weighted by Gasteiger charge is -2.16. The SMILES string of the molecule is CCOC(c1noc([C@H](N)Cc2cnc[nH]2)n1)C(C)C. The van der Waals surface area contributed by atoms with E-state index < -0.39 is 0 Å². The van der Waals surface area contributed by atoms with E-state index in [1.165, 1.54) is 0 Å². The molecule has 7 nitrogen and oxygen atoms in total. The molecule has 0 radical (unpaired) electrons. The van der Waals surface area contributed by atoms with E-state index in [4.69, 9.17) is 15.0 Å². The predicted octanol–water partition coefficient (Wildman–Crippen LogP) is 1.77. The van der Waals surface area contributed by atoms with Crippen molar-refractivity contribution in [3.05, 3.63) is 29.9 Å². The Kier molecular flexibility index (Phi) is 4.86. The molecule has 0 aliphatic heterocycles. The molecule has 0 amide bonds. The van der Waals surface area contributed by atoms with Crippen molar-refractivity contribution in [2.75, 3.05) is 6.61 Å². The molecule has 2 aromatic heterocycles. The molecule has 0 fully saturated rings. The van der Waals surface area contributed by atoms with E-state index in [1.807, 2.05) is 6.92 Å². The van der Waals surface area contributed by atoms with Crippen molar-refractivity contribution in [2.24, 2.45) is 11.7 Å². The maximum Gasteiger partial charge on any atom is 0.244 e. The van der Waals surface area contributed by atoms with Crippen LogP contribution in [0.4, 0.5) is 0 Å². The van der Waals surface area contributed by atoms with Crippen molar-refractivity contribution in [1.29, 1.82) is 0 Å². The topological polar surface area (TPSA) is 103 Å². The lowest BCUT2D eigenvalue weighted by atomic mass is 10.1. The van der Waals surface area contributed by atoms with Crippen molar-refractivity contribution < 1.29 is 9.26 Å². The Morgan fingerprint density at radius 2 is 2.25 bits per heavy atom. The van der Waals surface area contributed by atoms with Crippen molar-refractivity contribution in [1.82, 2.24) is 20.1 Å². The second kappa shape index (κ2) is 6.62. The summed E-state index contributed by atoms with van der Waals surface area (Å²) in [5, 5.41) is 3.99. The third-order valence-electron chi connectivity index (χ3n) is 2.98. The van der Waals surface area contributed by atoms with Crippen LogP contribution < -0.4 is 5.73 Å². The minimum Gasteiger partial charge on any atom is -0.370 e. The molecule has 0 bridgehead atoms. The van der Waals surface area contributed by atoms with E-state index >= 15 is 0 Å². The van der Waals surface area contributed by atoms with Gasteiger partial charge in [0.2, 0.25) is 11.7 Å². The van der Waals surface area contributed by atoms with Crippen LogP contribution in [0.5, 0.6) is 0 Å². The summed E-state index contributed by atoms with van der Waals surface area (Å²) in [6, 6.07) is -0.355. The Morgan fingerprint density at radius 1 is 1.45 bits per heavy atom. The first-order valence-corrected chi connectivity index (χ1v) is 6.79. The number of aromatic amines is 1. The minimum atomic E-state index is -0.355. The van der Waals surface area contributed by atoms with Gasteiger partial charge in [-0.15, -0.1) is 0 Å². The summed E-state index contributed by atoms with van der Waals surface area (Å²) in [6.07, 6.45) is 3.75. The lowest BCUT2D eigenvalue weighted by molar-refractivity contribution is 0.0217. The number of imidazole rings is 1. The zero-order chi connectivity index (χ0) is 14.5. The molecular weight excluding hydrogens is 258 g/mol. The summed E-state index contributed by atoms with van der Waals surface area (Å²) in [4.78, 5) is 11.3. The molecule has 2 aromatic rings. The number of hydrogen-bond acceptors (Lipinski definition) is 6. The average Bonchev–Trinajstić information content (AvgIpc) is 3.06. The summed E-state index contributed by atoms with van der Waals surface area (Å²) < 4.78 is 10.9. The van der Waals surface area contributed by atoms with Crippen molar-refractivity contribution in [3.8, 4) is 0 Å². The highest BCUT2D eigenvalue weighted by Crippen LogP contribution is 2.24. The fourth-order valence-electron chi connectivity index (χ4n) is 1.98. The number of ether oxygens (including phenoxy) is 1. The molecule has 2 rings (SSSR count). The Bertz CT molecular complexity index is 509. The molecule has 2 heterocycles. The van der Waals surface area contributed by atoms with Gasteiger partial charge in [-0.05, 0) is 12.8 Å². The molecule has 110 valence electrons. The minimum absolute atomic E-state index is 0.170. The maximum absolute atomic E-state index is 6.06. The number of nitrogens with one attached hydrogen (secondary N) is 1. The van der Waals surface area contributed by atoms with Crippen molar-refractivity contribution in [3.63, 3.8) is 0 Å². The van der Waals surface area contributed by atoms with Crippen LogP contribution in [-0.4, -0.2) is 26.7 Å². The van der Waals surface area contributed by atoms with Gasteiger partial charge in [0.15, 0.2) is 0 Å². The van der Waals surface area contributed by atoms with Crippen LogP contribution in [0, 0.1) is 5.92 Å². The van der Waals surface area contributed by atoms with Crippen LogP contribution in [0.25, 0.3) is 0 Å². The first-order chi connectivity index (χ1) is 9.61. The summed E-state index contributed by atoms with van der Waals surface area (Å²) >= 11 is 0. The number of rotatable bonds is 7. The third kappa shape index (κ3) is 3.43. The van der Waals surface area contributed by atoms with E-state index in [9.17, 15) is 0 Å². The van der Waals surface area contributed by atoms with Gasteiger partial charge in [-0.2, -0.15) is 4.98 Å². The molecule has 0 aromatic carbocycles. The Morgan fingerprint density at radius 3 is 2.85 bits per heavy atom. The van der Waals surface area contributed by atoms with Crippen LogP contribution in [0.15, 0.2) is 17.0 Å². The van der Waals surface area contributed by atoms with Crippen LogP contribution in [0.2, 0.25) is 0 Å². The molecule has 0 aliphatic rings. The fourth-order valence-corrected chi connectivity index (χ4v) is 1.98. The Balaban J connectivity index is 2.07. The molecule has 1 unspecified atom stereocenters. The first-order valence-electron chi connectivity index (χ1n) is 6.79. The van der Waals surface area contributed by atoms with Crippen LogP contribution in [0.3, 0.4) is 0 Å². The van der Waals surface area contributed by atoms with E-state index in [1.54, 1.807) is 12.5 Å². The summed E-state index contributed by atoms with van der Waals surface area (Å²) in [5.74, 6) is 1.24. The number of aromatic nitrogens is 4. The number of hydrogen-bond donors (Lipinski definition) is 2. The molecule has 3 N–H and O–H groups in total. The van der Waals surface area contributed by atoms with Gasteiger partial charge in [0, 0.05) is 24.9 Å². The van der Waals surface area contributed by atoms with Crippen molar-refractivity contribution >= 4 is 0 Å².